The van der Waals surface area contributed by atoms with Crippen molar-refractivity contribution in [3.8, 4) is 0 Å². The maximum atomic E-state index is 14.1. The van der Waals surface area contributed by atoms with E-state index in [9.17, 15) is 14.4 Å². The van der Waals surface area contributed by atoms with Crippen LogP contribution in [-0.4, -0.2) is 36.9 Å². The molecule has 0 spiro atoms. The van der Waals surface area contributed by atoms with E-state index in [4.69, 9.17) is 16.3 Å². The number of fused-ring (bicyclic) bond motifs is 1. The Morgan fingerprint density at radius 1 is 0.951 bits per heavy atom. The molecular formula is C33H38ClN3O4. The molecule has 41 heavy (non-hydrogen) atoms. The van der Waals surface area contributed by atoms with Crippen LogP contribution in [0, 0.1) is 5.41 Å². The third-order valence-corrected chi connectivity index (χ3v) is 7.02. The Balaban J connectivity index is 1.66. The van der Waals surface area contributed by atoms with Gasteiger partial charge in [-0.25, -0.2) is 0 Å². The summed E-state index contributed by atoms with van der Waals surface area (Å²) >= 11 is 6.47. The van der Waals surface area contributed by atoms with Crippen molar-refractivity contribution in [2.75, 3.05) is 18.0 Å². The number of amides is 3. The number of benzene rings is 3. The molecule has 0 radical (unpaired) electrons. The lowest BCUT2D eigenvalue weighted by atomic mass is 9.94. The first-order chi connectivity index (χ1) is 19.5. The molecule has 2 atom stereocenters. The Kier molecular flexibility index (Phi) is 9.84. The summed E-state index contributed by atoms with van der Waals surface area (Å²) in [4.78, 5) is 40.4. The molecule has 3 amide bonds. The molecule has 0 fully saturated rings. The predicted octanol–water partition coefficient (Wildman–Crippen LogP) is 5.59. The third kappa shape index (κ3) is 8.41. The first-order valence-corrected chi connectivity index (χ1v) is 14.3. The molecule has 1 aliphatic heterocycles. The van der Waals surface area contributed by atoms with Crippen LogP contribution in [0.15, 0.2) is 72.8 Å². The molecule has 0 bridgehead atoms. The number of nitrogens with one attached hydrogen (secondary N) is 2. The van der Waals surface area contributed by atoms with Gasteiger partial charge in [-0.05, 0) is 46.7 Å². The van der Waals surface area contributed by atoms with Gasteiger partial charge in [-0.2, -0.15) is 0 Å². The predicted molar refractivity (Wildman–Crippen MR) is 162 cm³/mol. The highest BCUT2D eigenvalue weighted by atomic mass is 35.5. The van der Waals surface area contributed by atoms with Crippen molar-refractivity contribution in [3.05, 3.63) is 100 Å². The fourth-order valence-electron chi connectivity index (χ4n) is 4.92. The van der Waals surface area contributed by atoms with E-state index in [1.807, 2.05) is 66.7 Å². The molecule has 7 nitrogen and oxygen atoms in total. The van der Waals surface area contributed by atoms with E-state index in [1.165, 1.54) is 6.92 Å². The van der Waals surface area contributed by atoms with Gasteiger partial charge >= 0.3 is 0 Å². The first-order valence-electron chi connectivity index (χ1n) is 13.9. The second-order valence-corrected chi connectivity index (χ2v) is 12.1. The van der Waals surface area contributed by atoms with Gasteiger partial charge in [0.25, 0.3) is 5.91 Å². The zero-order chi connectivity index (χ0) is 29.6. The van der Waals surface area contributed by atoms with Crippen molar-refractivity contribution in [2.45, 2.75) is 59.3 Å². The number of nitrogens with zero attached hydrogens (tertiary/aromatic N) is 1. The first kappa shape index (κ1) is 30.3. The van der Waals surface area contributed by atoms with Gasteiger partial charge in [0.05, 0.1) is 6.42 Å². The number of carbonyl (C=O) groups is 3. The summed E-state index contributed by atoms with van der Waals surface area (Å²) in [6.07, 6.45) is -1.09. The van der Waals surface area contributed by atoms with E-state index >= 15 is 0 Å². The van der Waals surface area contributed by atoms with Crippen LogP contribution < -0.4 is 15.5 Å². The molecule has 2 N–H and O–H groups in total. The average Bonchev–Trinajstić information content (AvgIpc) is 3.02. The lowest BCUT2D eigenvalue weighted by molar-refractivity contribution is -0.138. The number of hydrogen-bond donors (Lipinski definition) is 2. The quantitative estimate of drug-likeness (QED) is 0.348. The maximum absolute atomic E-state index is 14.1. The molecule has 8 heteroatoms. The Morgan fingerprint density at radius 3 is 2.39 bits per heavy atom. The van der Waals surface area contributed by atoms with Crippen molar-refractivity contribution in [2.24, 2.45) is 5.41 Å². The van der Waals surface area contributed by atoms with Crippen LogP contribution in [0.25, 0.3) is 0 Å². The number of ether oxygens (including phenoxy) is 1. The zero-order valence-corrected chi connectivity index (χ0v) is 24.8. The number of carbonyl (C=O) groups excluding carboxylic acids is 3. The topological polar surface area (TPSA) is 87.7 Å². The Hall–Kier alpha value is -3.68. The Bertz CT molecular complexity index is 1390. The van der Waals surface area contributed by atoms with Crippen molar-refractivity contribution < 1.29 is 19.1 Å². The normalized spacial score (nSPS) is 17.0. The van der Waals surface area contributed by atoms with E-state index in [1.54, 1.807) is 11.0 Å². The molecule has 4 rings (SSSR count). The molecule has 0 aromatic heterocycles. The van der Waals surface area contributed by atoms with E-state index < -0.39 is 12.2 Å². The average molecular weight is 576 g/mol. The van der Waals surface area contributed by atoms with Crippen molar-refractivity contribution in [1.29, 1.82) is 0 Å². The van der Waals surface area contributed by atoms with Gasteiger partial charge in [-0.1, -0.05) is 87.0 Å². The van der Waals surface area contributed by atoms with Crippen LogP contribution in [0.4, 0.5) is 5.69 Å². The Labute approximate surface area is 247 Å². The van der Waals surface area contributed by atoms with Crippen LogP contribution in [0.2, 0.25) is 5.02 Å². The molecule has 0 saturated heterocycles. The van der Waals surface area contributed by atoms with Crippen LogP contribution in [0.5, 0.6) is 0 Å². The molecule has 0 aliphatic carbocycles. The second kappa shape index (κ2) is 13.3. The molecule has 3 aromatic rings. The summed E-state index contributed by atoms with van der Waals surface area (Å²) in [5.41, 5.74) is 4.06. The number of hydrogen-bond acceptors (Lipinski definition) is 4. The second-order valence-electron chi connectivity index (χ2n) is 11.6. The largest absolute Gasteiger partial charge is 0.356 e. The molecule has 1 heterocycles. The lowest BCUT2D eigenvalue weighted by Crippen LogP contribution is -2.45. The number of halogens is 1. The van der Waals surface area contributed by atoms with Gasteiger partial charge in [0.15, 0.2) is 0 Å². The van der Waals surface area contributed by atoms with Gasteiger partial charge in [-0.3, -0.25) is 14.4 Å². The molecule has 3 aromatic carbocycles. The van der Waals surface area contributed by atoms with Crippen LogP contribution >= 0.6 is 11.6 Å². The van der Waals surface area contributed by atoms with Gasteiger partial charge in [0.1, 0.15) is 12.2 Å². The maximum Gasteiger partial charge on any atom is 0.256 e. The van der Waals surface area contributed by atoms with Crippen LogP contribution in [0.3, 0.4) is 0 Å². The number of anilines is 1. The van der Waals surface area contributed by atoms with E-state index in [0.29, 0.717) is 36.8 Å². The monoisotopic (exact) mass is 575 g/mol. The van der Waals surface area contributed by atoms with Crippen molar-refractivity contribution in [3.63, 3.8) is 0 Å². The molecular weight excluding hydrogens is 538 g/mol. The molecule has 2 unspecified atom stereocenters. The minimum Gasteiger partial charge on any atom is -0.356 e. The standard InChI is InChI=1S/C33H38ClN3O4/c1-22(38)36-20-24-11-8-12-25(17-24)31-27-18-26(34)13-14-28(27)37(21-33(2,3)4)32(40)29(41-31)19-30(39)35-16-15-23-9-6-5-7-10-23/h5-14,17-18,29,31H,15-16,19-21H2,1-4H3,(H,35,39)(H,36,38). The minimum atomic E-state index is -1.01. The summed E-state index contributed by atoms with van der Waals surface area (Å²) in [6.45, 7) is 8.93. The van der Waals surface area contributed by atoms with Crippen molar-refractivity contribution >= 4 is 35.0 Å². The highest BCUT2D eigenvalue weighted by Crippen LogP contribution is 2.41. The summed E-state index contributed by atoms with van der Waals surface area (Å²) in [7, 11) is 0. The SMILES string of the molecule is CC(=O)NCc1cccc(C2OC(CC(=O)NCCc3ccccc3)C(=O)N(CC(C)(C)C)c3ccc(Cl)cc32)c1. The fourth-order valence-corrected chi connectivity index (χ4v) is 5.11. The molecule has 216 valence electrons. The van der Waals surface area contributed by atoms with Gasteiger partial charge < -0.3 is 20.3 Å². The Morgan fingerprint density at radius 2 is 1.68 bits per heavy atom. The van der Waals surface area contributed by atoms with E-state index in [0.717, 1.165) is 22.3 Å². The van der Waals surface area contributed by atoms with Gasteiger partial charge in [0, 0.05) is 42.8 Å². The van der Waals surface area contributed by atoms with Gasteiger partial charge in [-0.15, -0.1) is 0 Å². The summed E-state index contributed by atoms with van der Waals surface area (Å²) in [5.74, 6) is -0.643. The van der Waals surface area contributed by atoms with E-state index in [2.05, 4.69) is 31.4 Å². The summed E-state index contributed by atoms with van der Waals surface area (Å²) in [6, 6.07) is 23.1. The highest BCUT2D eigenvalue weighted by Gasteiger charge is 2.39. The minimum absolute atomic E-state index is 0.113. The smallest absolute Gasteiger partial charge is 0.256 e. The molecule has 0 saturated carbocycles. The lowest BCUT2D eigenvalue weighted by Gasteiger charge is -2.31. The van der Waals surface area contributed by atoms with Crippen LogP contribution in [0.1, 0.15) is 62.5 Å². The van der Waals surface area contributed by atoms with E-state index in [-0.39, 0.29) is 29.6 Å². The zero-order valence-electron chi connectivity index (χ0n) is 24.1. The fraction of sp³-hybridized carbons (Fsp3) is 0.364. The summed E-state index contributed by atoms with van der Waals surface area (Å²) < 4.78 is 6.55. The number of rotatable bonds is 9. The third-order valence-electron chi connectivity index (χ3n) is 6.78. The molecule has 1 aliphatic rings. The highest BCUT2D eigenvalue weighted by molar-refractivity contribution is 6.30. The van der Waals surface area contributed by atoms with Crippen molar-refractivity contribution in [1.82, 2.24) is 10.6 Å². The van der Waals surface area contributed by atoms with Crippen LogP contribution in [-0.2, 0) is 32.1 Å². The summed E-state index contributed by atoms with van der Waals surface area (Å²) in [5, 5.41) is 6.30. The van der Waals surface area contributed by atoms with Gasteiger partial charge in [0.2, 0.25) is 11.8 Å².